The van der Waals surface area contributed by atoms with E-state index < -0.39 is 0 Å². The number of hydrogen-bond acceptors (Lipinski definition) is 3. The lowest BCUT2D eigenvalue weighted by Gasteiger charge is -1.93. The number of rotatable bonds is 4. The van der Waals surface area contributed by atoms with Crippen LogP contribution in [0.25, 0.3) is 11.0 Å². The molecule has 4 heteroatoms. The molecular weight excluding hydrogens is 284 g/mol. The molecule has 3 nitrogen and oxygen atoms in total. The van der Waals surface area contributed by atoms with Gasteiger partial charge in [-0.15, -0.1) is 0 Å². The first kappa shape index (κ1) is 12.0. The van der Waals surface area contributed by atoms with Crippen LogP contribution in [-0.2, 0) is 4.79 Å². The molecule has 0 amide bonds. The molecule has 0 aliphatic rings. The topological polar surface area (TPSA) is 47.3 Å². The van der Waals surface area contributed by atoms with E-state index in [0.29, 0.717) is 12.0 Å². The normalized spacial score (nSPS) is 10.7. The molecule has 2 rings (SSSR count). The molecule has 0 spiro atoms. The summed E-state index contributed by atoms with van der Waals surface area (Å²) >= 11 is 3.35. The summed E-state index contributed by atoms with van der Waals surface area (Å²) in [5.41, 5.74) is 0.653. The highest BCUT2D eigenvalue weighted by Gasteiger charge is 2.15. The molecule has 0 N–H and O–H groups in total. The molecule has 1 aromatic carbocycles. The Labute approximate surface area is 107 Å². The zero-order valence-corrected chi connectivity index (χ0v) is 10.9. The molecule has 0 fully saturated rings. The predicted molar refractivity (Wildman–Crippen MR) is 68.2 cm³/mol. The highest BCUT2D eigenvalue weighted by molar-refractivity contribution is 9.10. The minimum absolute atomic E-state index is 0.0726. The number of Topliss-reactive ketones (excluding diaryl/α,β-unsaturated/α-hetero) is 2. The van der Waals surface area contributed by atoms with Crippen molar-refractivity contribution in [1.82, 2.24) is 0 Å². The van der Waals surface area contributed by atoms with Crippen LogP contribution in [0, 0.1) is 0 Å². The SMILES string of the molecule is CCC(=O)CC(=O)c1cc2cc(Br)ccc2o1. The Balaban J connectivity index is 2.30. The molecule has 0 aliphatic carbocycles. The summed E-state index contributed by atoms with van der Waals surface area (Å²) in [5, 5.41) is 0.853. The lowest BCUT2D eigenvalue weighted by atomic mass is 10.1. The molecule has 0 bridgehead atoms. The van der Waals surface area contributed by atoms with E-state index in [-0.39, 0.29) is 23.7 Å². The first-order valence-electron chi connectivity index (χ1n) is 5.34. The first-order valence-corrected chi connectivity index (χ1v) is 6.13. The third-order valence-corrected chi connectivity index (χ3v) is 3.00. The molecule has 1 aromatic heterocycles. The number of benzene rings is 1. The first-order chi connectivity index (χ1) is 8.10. The van der Waals surface area contributed by atoms with E-state index in [4.69, 9.17) is 4.42 Å². The van der Waals surface area contributed by atoms with Crippen molar-refractivity contribution < 1.29 is 14.0 Å². The van der Waals surface area contributed by atoms with Gasteiger partial charge < -0.3 is 4.42 Å². The molecule has 0 unspecified atom stereocenters. The van der Waals surface area contributed by atoms with Crippen molar-refractivity contribution >= 4 is 38.5 Å². The quantitative estimate of drug-likeness (QED) is 0.637. The molecule has 17 heavy (non-hydrogen) atoms. The number of carbonyl (C=O) groups is 2. The van der Waals surface area contributed by atoms with Crippen LogP contribution in [0.1, 0.15) is 30.3 Å². The minimum Gasteiger partial charge on any atom is -0.453 e. The van der Waals surface area contributed by atoms with Gasteiger partial charge in [0, 0.05) is 16.3 Å². The van der Waals surface area contributed by atoms with Crippen LogP contribution in [0.4, 0.5) is 0 Å². The van der Waals surface area contributed by atoms with Crippen molar-refractivity contribution in [2.24, 2.45) is 0 Å². The predicted octanol–water partition coefficient (Wildman–Crippen LogP) is 3.75. The number of hydrogen-bond donors (Lipinski definition) is 0. The third-order valence-electron chi connectivity index (χ3n) is 2.51. The Morgan fingerprint density at radius 3 is 2.76 bits per heavy atom. The molecule has 0 saturated heterocycles. The van der Waals surface area contributed by atoms with E-state index in [1.807, 2.05) is 12.1 Å². The van der Waals surface area contributed by atoms with E-state index in [1.54, 1.807) is 19.1 Å². The highest BCUT2D eigenvalue weighted by Crippen LogP contribution is 2.24. The summed E-state index contributed by atoms with van der Waals surface area (Å²) in [7, 11) is 0. The van der Waals surface area contributed by atoms with Crippen LogP contribution in [0.15, 0.2) is 33.2 Å². The van der Waals surface area contributed by atoms with Gasteiger partial charge in [0.25, 0.3) is 0 Å². The van der Waals surface area contributed by atoms with Crippen LogP contribution in [0.2, 0.25) is 0 Å². The molecular formula is C13H11BrO3. The zero-order chi connectivity index (χ0) is 12.4. The standard InChI is InChI=1S/C13H11BrO3/c1-2-10(15)7-11(16)13-6-8-5-9(14)3-4-12(8)17-13/h3-6H,2,7H2,1H3. The van der Waals surface area contributed by atoms with Crippen LogP contribution in [0.5, 0.6) is 0 Å². The molecule has 0 aliphatic heterocycles. The van der Waals surface area contributed by atoms with E-state index >= 15 is 0 Å². The Morgan fingerprint density at radius 1 is 1.29 bits per heavy atom. The molecule has 2 aromatic rings. The van der Waals surface area contributed by atoms with Gasteiger partial charge in [-0.1, -0.05) is 22.9 Å². The van der Waals surface area contributed by atoms with Gasteiger partial charge in [0.05, 0.1) is 6.42 Å². The van der Waals surface area contributed by atoms with Crippen LogP contribution >= 0.6 is 15.9 Å². The molecule has 88 valence electrons. The van der Waals surface area contributed by atoms with E-state index in [9.17, 15) is 9.59 Å². The van der Waals surface area contributed by atoms with Gasteiger partial charge in [-0.25, -0.2) is 0 Å². The summed E-state index contributed by atoms with van der Waals surface area (Å²) in [5.74, 6) is -0.0827. The summed E-state index contributed by atoms with van der Waals surface area (Å²) in [6.07, 6.45) is 0.287. The Hall–Kier alpha value is -1.42. The van der Waals surface area contributed by atoms with Gasteiger partial charge >= 0.3 is 0 Å². The summed E-state index contributed by atoms with van der Waals surface area (Å²) in [6.45, 7) is 1.74. The molecule has 0 atom stereocenters. The number of carbonyl (C=O) groups excluding carboxylic acids is 2. The van der Waals surface area contributed by atoms with Crippen molar-refractivity contribution in [2.75, 3.05) is 0 Å². The smallest absolute Gasteiger partial charge is 0.205 e. The average Bonchev–Trinajstić information content (AvgIpc) is 2.71. The molecule has 1 heterocycles. The Kier molecular flexibility index (Phi) is 3.43. The summed E-state index contributed by atoms with van der Waals surface area (Å²) < 4.78 is 6.33. The summed E-state index contributed by atoms with van der Waals surface area (Å²) in [4.78, 5) is 22.9. The minimum atomic E-state index is -0.260. The van der Waals surface area contributed by atoms with Crippen LogP contribution in [-0.4, -0.2) is 11.6 Å². The monoisotopic (exact) mass is 294 g/mol. The lowest BCUT2D eigenvalue weighted by Crippen LogP contribution is -2.05. The number of fused-ring (bicyclic) bond motifs is 1. The van der Waals surface area contributed by atoms with E-state index in [2.05, 4.69) is 15.9 Å². The second-order valence-corrected chi connectivity index (χ2v) is 4.70. The maximum atomic E-state index is 11.7. The van der Waals surface area contributed by atoms with Gasteiger partial charge in [0.1, 0.15) is 11.4 Å². The number of ketones is 2. The molecule has 0 saturated carbocycles. The van der Waals surface area contributed by atoms with E-state index in [0.717, 1.165) is 9.86 Å². The second kappa shape index (κ2) is 4.84. The van der Waals surface area contributed by atoms with Gasteiger partial charge in [-0.3, -0.25) is 9.59 Å². The molecule has 0 radical (unpaired) electrons. The fraction of sp³-hybridized carbons (Fsp3) is 0.231. The van der Waals surface area contributed by atoms with Crippen molar-refractivity contribution in [1.29, 1.82) is 0 Å². The maximum absolute atomic E-state index is 11.7. The summed E-state index contributed by atoms with van der Waals surface area (Å²) in [6, 6.07) is 7.18. The Morgan fingerprint density at radius 2 is 2.06 bits per heavy atom. The lowest BCUT2D eigenvalue weighted by molar-refractivity contribution is -0.117. The van der Waals surface area contributed by atoms with Crippen LogP contribution < -0.4 is 0 Å². The average molecular weight is 295 g/mol. The van der Waals surface area contributed by atoms with Gasteiger partial charge in [0.2, 0.25) is 5.78 Å². The third kappa shape index (κ3) is 2.64. The van der Waals surface area contributed by atoms with Gasteiger partial charge in [0.15, 0.2) is 5.76 Å². The number of furan rings is 1. The van der Waals surface area contributed by atoms with E-state index in [1.165, 1.54) is 0 Å². The Bertz CT molecular complexity index is 583. The zero-order valence-electron chi connectivity index (χ0n) is 9.33. The highest BCUT2D eigenvalue weighted by atomic mass is 79.9. The largest absolute Gasteiger partial charge is 0.453 e. The maximum Gasteiger partial charge on any atom is 0.205 e. The second-order valence-electron chi connectivity index (χ2n) is 3.78. The van der Waals surface area contributed by atoms with Gasteiger partial charge in [-0.05, 0) is 24.3 Å². The van der Waals surface area contributed by atoms with Gasteiger partial charge in [-0.2, -0.15) is 0 Å². The fourth-order valence-corrected chi connectivity index (χ4v) is 1.92. The van der Waals surface area contributed by atoms with Crippen molar-refractivity contribution in [3.05, 3.63) is 34.5 Å². The van der Waals surface area contributed by atoms with Crippen molar-refractivity contribution in [3.63, 3.8) is 0 Å². The van der Waals surface area contributed by atoms with Crippen molar-refractivity contribution in [3.8, 4) is 0 Å². The fourth-order valence-electron chi connectivity index (χ4n) is 1.54. The number of halogens is 1. The van der Waals surface area contributed by atoms with Crippen molar-refractivity contribution in [2.45, 2.75) is 19.8 Å². The van der Waals surface area contributed by atoms with Crippen LogP contribution in [0.3, 0.4) is 0 Å².